The molecule has 1 N–H and O–H groups in total. The van der Waals surface area contributed by atoms with Crippen molar-refractivity contribution in [3.8, 4) is 0 Å². The SMILES string of the molecule is CC(C)CCSOO.[CH2-]CCC(C)C.[Y]. The average molecular weight is 310 g/mol. The summed E-state index contributed by atoms with van der Waals surface area (Å²) in [6, 6.07) is 0. The molecule has 0 heterocycles. The Balaban J connectivity index is -0.000000187. The number of hydrogen-bond donors (Lipinski definition) is 1. The van der Waals surface area contributed by atoms with Crippen LogP contribution in [0.25, 0.3) is 0 Å². The number of hydrogen-bond acceptors (Lipinski definition) is 3. The van der Waals surface area contributed by atoms with Crippen molar-refractivity contribution in [3.05, 3.63) is 6.92 Å². The summed E-state index contributed by atoms with van der Waals surface area (Å²) in [5.41, 5.74) is 0. The van der Waals surface area contributed by atoms with Gasteiger partial charge in [-0.15, -0.1) is 0 Å². The van der Waals surface area contributed by atoms with E-state index in [1.807, 2.05) is 0 Å². The van der Waals surface area contributed by atoms with Crippen molar-refractivity contribution < 1.29 is 42.3 Å². The van der Waals surface area contributed by atoms with Gasteiger partial charge in [-0.2, -0.15) is 10.8 Å². The molecule has 0 saturated heterocycles. The second-order valence-electron chi connectivity index (χ2n) is 4.12. The molecule has 0 unspecified atom stereocenters. The van der Waals surface area contributed by atoms with Crippen molar-refractivity contribution in [2.24, 2.45) is 11.8 Å². The third-order valence-corrected chi connectivity index (χ3v) is 2.12. The number of rotatable bonds is 6. The zero-order valence-electron chi connectivity index (χ0n) is 10.5. The molecule has 0 amide bonds. The summed E-state index contributed by atoms with van der Waals surface area (Å²) in [6.45, 7) is 12.4. The molecule has 0 aliphatic rings. The maximum atomic E-state index is 7.84. The predicted octanol–water partition coefficient (Wildman–Crippen LogP) is 4.42. The molecular formula is C11H25O2SY-. The molecule has 0 spiro atoms. The van der Waals surface area contributed by atoms with Gasteiger partial charge in [-0.05, 0) is 18.3 Å². The Morgan fingerprint density at radius 3 is 1.80 bits per heavy atom. The van der Waals surface area contributed by atoms with Gasteiger partial charge < -0.3 is 6.92 Å². The Labute approximate surface area is 125 Å². The Kier molecular flexibility index (Phi) is 25.6. The molecule has 0 aliphatic carbocycles. The summed E-state index contributed by atoms with van der Waals surface area (Å²) in [7, 11) is 0. The molecule has 0 aromatic rings. The smallest absolute Gasteiger partial charge is 0.0311 e. The molecule has 0 rings (SSSR count). The van der Waals surface area contributed by atoms with Crippen LogP contribution in [0.2, 0.25) is 0 Å². The van der Waals surface area contributed by atoms with E-state index < -0.39 is 0 Å². The predicted molar refractivity (Wildman–Crippen MR) is 65.1 cm³/mol. The minimum Gasteiger partial charge on any atom is -0.343 e. The molecule has 0 aromatic carbocycles. The van der Waals surface area contributed by atoms with E-state index in [0.717, 1.165) is 36.6 Å². The van der Waals surface area contributed by atoms with Crippen LogP contribution in [0.3, 0.4) is 0 Å². The first-order chi connectivity index (χ1) is 6.54. The van der Waals surface area contributed by atoms with E-state index in [9.17, 15) is 0 Å². The Hall–Kier alpha value is 1.37. The molecule has 4 heteroatoms. The quantitative estimate of drug-likeness (QED) is 0.259. The summed E-state index contributed by atoms with van der Waals surface area (Å²) >= 11 is 1.09. The van der Waals surface area contributed by atoms with Crippen LogP contribution in [-0.2, 0) is 37.0 Å². The Morgan fingerprint density at radius 1 is 1.13 bits per heavy atom. The van der Waals surface area contributed by atoms with Crippen LogP contribution in [0.1, 0.15) is 47.0 Å². The molecule has 0 atom stereocenters. The third kappa shape index (κ3) is 31.3. The van der Waals surface area contributed by atoms with Gasteiger partial charge in [-0.3, -0.25) is 0 Å². The molecule has 0 aliphatic heterocycles. The largest absolute Gasteiger partial charge is 0.343 e. The standard InChI is InChI=1S/C6H13.C5H12O2S.Y/c1-4-5-6(2)3;1-5(2)3-4-8-7-6;/h6H,1,4-5H2,2-3H3;5-6H,3-4H2,1-2H3;/q-1;;. The van der Waals surface area contributed by atoms with Crippen molar-refractivity contribution in [3.63, 3.8) is 0 Å². The van der Waals surface area contributed by atoms with Crippen LogP contribution in [-0.4, -0.2) is 11.0 Å². The first-order valence-corrected chi connectivity index (χ1v) is 6.17. The second kappa shape index (κ2) is 17.8. The summed E-state index contributed by atoms with van der Waals surface area (Å²) < 4.78 is 3.81. The van der Waals surface area contributed by atoms with E-state index in [4.69, 9.17) is 5.26 Å². The van der Waals surface area contributed by atoms with E-state index in [1.54, 1.807) is 0 Å². The molecule has 0 fully saturated rings. The fourth-order valence-corrected chi connectivity index (χ4v) is 1.37. The van der Waals surface area contributed by atoms with E-state index >= 15 is 0 Å². The normalized spacial score (nSPS) is 9.60. The van der Waals surface area contributed by atoms with Crippen LogP contribution in [0.15, 0.2) is 0 Å². The van der Waals surface area contributed by atoms with Crippen molar-refractivity contribution in [2.45, 2.75) is 47.0 Å². The maximum Gasteiger partial charge on any atom is 0.0311 e. The van der Waals surface area contributed by atoms with Crippen molar-refractivity contribution >= 4 is 12.0 Å². The van der Waals surface area contributed by atoms with Gasteiger partial charge in [0.2, 0.25) is 0 Å². The van der Waals surface area contributed by atoms with E-state index in [0.29, 0.717) is 5.92 Å². The van der Waals surface area contributed by atoms with E-state index in [1.165, 1.54) is 6.42 Å². The minimum absolute atomic E-state index is 0. The molecular weight excluding hydrogens is 285 g/mol. The molecule has 2 nitrogen and oxygen atoms in total. The third-order valence-electron chi connectivity index (χ3n) is 1.61. The van der Waals surface area contributed by atoms with Crippen molar-refractivity contribution in [1.29, 1.82) is 0 Å². The molecule has 0 aromatic heterocycles. The fourth-order valence-electron chi connectivity index (χ4n) is 0.729. The molecule has 1 radical (unpaired) electrons. The van der Waals surface area contributed by atoms with Gasteiger partial charge in [-0.25, -0.2) is 5.26 Å². The van der Waals surface area contributed by atoms with Gasteiger partial charge in [0.15, 0.2) is 0 Å². The molecule has 0 saturated carbocycles. The zero-order valence-corrected chi connectivity index (χ0v) is 14.2. The summed E-state index contributed by atoms with van der Waals surface area (Å²) in [5.74, 6) is 2.40. The zero-order chi connectivity index (χ0) is 11.4. The van der Waals surface area contributed by atoms with Crippen LogP contribution in [0.5, 0.6) is 0 Å². The first kappa shape index (κ1) is 21.6. The summed E-state index contributed by atoms with van der Waals surface area (Å²) in [4.78, 5) is 0. The molecule has 15 heavy (non-hydrogen) atoms. The van der Waals surface area contributed by atoms with E-state index in [2.05, 4.69) is 39.0 Å². The van der Waals surface area contributed by atoms with Crippen LogP contribution in [0, 0.1) is 18.8 Å². The monoisotopic (exact) mass is 310 g/mol. The van der Waals surface area contributed by atoms with Gasteiger partial charge in [0.05, 0.1) is 0 Å². The van der Waals surface area contributed by atoms with Crippen LogP contribution in [0.4, 0.5) is 0 Å². The van der Waals surface area contributed by atoms with Crippen LogP contribution < -0.4 is 0 Å². The minimum atomic E-state index is 0. The molecule has 0 bridgehead atoms. The summed E-state index contributed by atoms with van der Waals surface area (Å²) in [5, 5.41) is 7.84. The van der Waals surface area contributed by atoms with Gasteiger partial charge in [0, 0.05) is 50.5 Å². The topological polar surface area (TPSA) is 29.5 Å². The fraction of sp³-hybridized carbons (Fsp3) is 0.909. The maximum absolute atomic E-state index is 7.84. The van der Waals surface area contributed by atoms with Gasteiger partial charge in [0.25, 0.3) is 0 Å². The first-order valence-electron chi connectivity index (χ1n) is 5.26. The van der Waals surface area contributed by atoms with Crippen molar-refractivity contribution in [1.82, 2.24) is 0 Å². The van der Waals surface area contributed by atoms with Crippen molar-refractivity contribution in [2.75, 3.05) is 5.75 Å². The van der Waals surface area contributed by atoms with Gasteiger partial charge in [-0.1, -0.05) is 34.1 Å². The Morgan fingerprint density at radius 2 is 1.60 bits per heavy atom. The molecule has 91 valence electrons. The second-order valence-corrected chi connectivity index (χ2v) is 4.91. The van der Waals surface area contributed by atoms with Crippen LogP contribution >= 0.6 is 12.0 Å². The average Bonchev–Trinajstić information content (AvgIpc) is 2.05. The van der Waals surface area contributed by atoms with Gasteiger partial charge >= 0.3 is 0 Å². The van der Waals surface area contributed by atoms with Gasteiger partial charge in [0.1, 0.15) is 0 Å². The summed E-state index contributed by atoms with van der Waals surface area (Å²) in [6.07, 6.45) is 3.43. The van der Waals surface area contributed by atoms with E-state index in [-0.39, 0.29) is 32.7 Å². The Bertz CT molecular complexity index is 101.